The molecule has 0 aromatic rings. The van der Waals surface area contributed by atoms with E-state index in [9.17, 15) is 0 Å². The van der Waals surface area contributed by atoms with Gasteiger partial charge in [0.15, 0.2) is 0 Å². The first-order valence-electron chi connectivity index (χ1n) is 0.841. The van der Waals surface area contributed by atoms with Gasteiger partial charge < -0.3 is 0 Å². The molecule has 0 aromatic heterocycles. The Kier molecular flexibility index (Phi) is 13.4. The van der Waals surface area contributed by atoms with Gasteiger partial charge in [-0.05, 0) is 0 Å². The van der Waals surface area contributed by atoms with Crippen molar-refractivity contribution in [2.75, 3.05) is 0 Å². The van der Waals surface area contributed by atoms with E-state index in [1.807, 2.05) is 0 Å². The lowest BCUT2D eigenvalue weighted by atomic mass is 11.9. The van der Waals surface area contributed by atoms with Gasteiger partial charge in [0.2, 0.25) is 0 Å². The van der Waals surface area contributed by atoms with E-state index in [0.717, 1.165) is 0 Å². The van der Waals surface area contributed by atoms with Crippen molar-refractivity contribution in [2.24, 2.45) is 0 Å². The normalized spacial score (nSPS) is 4.67. The molecule has 4 nitrogen and oxygen atoms in total. The van der Waals surface area contributed by atoms with Crippen LogP contribution in [0.3, 0.4) is 0 Å². The van der Waals surface area contributed by atoms with Gasteiger partial charge in [-0.15, -0.1) is 9.79 Å². The minimum absolute atomic E-state index is 2.87. The Morgan fingerprint density at radius 1 is 1.50 bits per heavy atom. The zero-order valence-corrected chi connectivity index (χ0v) is 3.67. The Balaban J connectivity index is 0. The smallest absolute Gasteiger partial charge is 0.202 e. The van der Waals surface area contributed by atoms with Gasteiger partial charge >= 0.3 is 8.25 Å². The van der Waals surface area contributed by atoms with Crippen LogP contribution in [0.15, 0.2) is 0 Å². The zero-order valence-electron chi connectivity index (χ0n) is 2.77. The molecule has 0 aliphatic carbocycles. The third-order valence-corrected chi connectivity index (χ3v) is 0. The highest BCUT2D eigenvalue weighted by atomic mass is 31.1. The van der Waals surface area contributed by atoms with Crippen LogP contribution in [0.4, 0.5) is 0 Å². The molecule has 6 heavy (non-hydrogen) atoms. The van der Waals surface area contributed by atoms with Crippen LogP contribution in [0.25, 0.3) is 0 Å². The predicted molar refractivity (Wildman–Crippen MR) is 18.7 cm³/mol. The summed E-state index contributed by atoms with van der Waals surface area (Å²) in [5.74, 6) is 0. The van der Waals surface area contributed by atoms with Gasteiger partial charge in [0, 0.05) is 11.1 Å². The van der Waals surface area contributed by atoms with Gasteiger partial charge in [-0.1, -0.05) is 0 Å². The summed E-state index contributed by atoms with van der Waals surface area (Å²) >= 11 is 0. The molecule has 0 fully saturated rings. The van der Waals surface area contributed by atoms with Crippen LogP contribution in [0, 0.1) is 11.8 Å². The van der Waals surface area contributed by atoms with E-state index in [1.54, 1.807) is 0 Å². The van der Waals surface area contributed by atoms with Crippen LogP contribution in [0.1, 0.15) is 0 Å². The maximum atomic E-state index is 8.70. The fraction of sp³-hybridized carbons (Fsp3) is 0. The first-order valence-corrected chi connectivity index (χ1v) is 2.01. The van der Waals surface area contributed by atoms with Crippen molar-refractivity contribution < 1.29 is 14.4 Å². The number of rotatable bonds is 0. The molecule has 34 valence electrons. The molecule has 0 rings (SSSR count). The van der Waals surface area contributed by atoms with Crippen molar-refractivity contribution in [3.05, 3.63) is 0 Å². The second-order valence-corrected chi connectivity index (χ2v) is 0.758. The molecule has 0 atom stereocenters. The molecule has 0 unspecified atom stereocenters. The first-order chi connectivity index (χ1) is 2.73. The highest BCUT2D eigenvalue weighted by Gasteiger charge is 1.93. The second kappa shape index (κ2) is 8.82. The van der Waals surface area contributed by atoms with Gasteiger partial charge in [0.1, 0.15) is 0 Å². The van der Waals surface area contributed by atoms with Crippen molar-refractivity contribution in [3.63, 3.8) is 0 Å². The fourth-order valence-corrected chi connectivity index (χ4v) is 0. The molecule has 0 aromatic carbocycles. The number of nitrogens with zero attached hydrogens (tertiary/aromatic N) is 1. The van der Waals surface area contributed by atoms with E-state index in [-0.39, 0.29) is 0 Å². The number of nitriles is 1. The second-order valence-electron chi connectivity index (χ2n) is 0.253. The van der Waals surface area contributed by atoms with Crippen molar-refractivity contribution in [2.45, 2.75) is 0 Å². The van der Waals surface area contributed by atoms with Crippen LogP contribution < -0.4 is 0 Å². The molecular weight excluding hydrogens is 105 g/mol. The van der Waals surface area contributed by atoms with Crippen LogP contribution in [0.5, 0.6) is 0 Å². The summed E-state index contributed by atoms with van der Waals surface area (Å²) in [7, 11) is -2.87. The van der Waals surface area contributed by atoms with Crippen LogP contribution >= 0.6 is 8.25 Å². The Hall–Kier alpha value is -0.490. The molecule has 0 radical (unpaired) electrons. The summed E-state index contributed by atoms with van der Waals surface area (Å²) < 4.78 is 8.70. The molecule has 0 saturated carbocycles. The Labute approximate surface area is 35.6 Å². The van der Waals surface area contributed by atoms with Crippen molar-refractivity contribution >= 4 is 8.25 Å². The molecule has 0 aliphatic heterocycles. The summed E-state index contributed by atoms with van der Waals surface area (Å²) in [6.07, 6.45) is 0. The molecule has 5 heteroatoms. The SMILES string of the molecule is C#N.O=[P+](O)O. The van der Waals surface area contributed by atoms with E-state index in [0.29, 0.717) is 0 Å². The third-order valence-electron chi connectivity index (χ3n) is 0. The first kappa shape index (κ1) is 9.10. The Morgan fingerprint density at radius 3 is 1.50 bits per heavy atom. The van der Waals surface area contributed by atoms with Crippen molar-refractivity contribution in [1.29, 1.82) is 5.26 Å². The maximum absolute atomic E-state index is 8.70. The van der Waals surface area contributed by atoms with E-state index in [2.05, 4.69) is 6.57 Å². The van der Waals surface area contributed by atoms with Crippen molar-refractivity contribution in [1.82, 2.24) is 0 Å². The molecule has 0 heterocycles. The molecular formula is CH3NO3P+. The lowest BCUT2D eigenvalue weighted by Gasteiger charge is -1.34. The third kappa shape index (κ3) is 92.1. The van der Waals surface area contributed by atoms with Gasteiger partial charge in [0.25, 0.3) is 0 Å². The quantitative estimate of drug-likeness (QED) is 0.420. The highest BCUT2D eigenvalue weighted by Crippen LogP contribution is 1.98. The standard InChI is InChI=1S/CHN.HO3P/c1-2;1-4(2)3/h1H;(H-,1,2,3)/p+1. The van der Waals surface area contributed by atoms with Crippen LogP contribution in [-0.2, 0) is 4.57 Å². The van der Waals surface area contributed by atoms with Crippen LogP contribution in [0.2, 0.25) is 0 Å². The average Bonchev–Trinajstić information content (AvgIpc) is 1.41. The van der Waals surface area contributed by atoms with Crippen molar-refractivity contribution in [3.8, 4) is 6.57 Å². The monoisotopic (exact) mass is 108 g/mol. The largest absolute Gasteiger partial charge is 0.692 e. The summed E-state index contributed by atoms with van der Waals surface area (Å²) in [5.41, 5.74) is 0. The van der Waals surface area contributed by atoms with E-state index in [4.69, 9.17) is 19.6 Å². The molecule has 2 N–H and O–H groups in total. The Bertz CT molecular complexity index is 55.1. The predicted octanol–water partition coefficient (Wildman–Crippen LogP) is -0.232. The van der Waals surface area contributed by atoms with E-state index < -0.39 is 8.25 Å². The minimum Gasteiger partial charge on any atom is -0.202 e. The van der Waals surface area contributed by atoms with Crippen LogP contribution in [-0.4, -0.2) is 9.79 Å². The van der Waals surface area contributed by atoms with Gasteiger partial charge in [-0.3, -0.25) is 0 Å². The molecule has 0 saturated heterocycles. The van der Waals surface area contributed by atoms with E-state index >= 15 is 0 Å². The zero-order chi connectivity index (χ0) is 5.58. The molecule has 0 spiro atoms. The fourth-order valence-electron chi connectivity index (χ4n) is 0. The average molecular weight is 108 g/mol. The topological polar surface area (TPSA) is 81.3 Å². The summed E-state index contributed by atoms with van der Waals surface area (Å²) in [5, 5.41) is 6.50. The molecule has 0 bridgehead atoms. The summed E-state index contributed by atoms with van der Waals surface area (Å²) in [4.78, 5) is 14.2. The maximum Gasteiger partial charge on any atom is 0.692 e. The van der Waals surface area contributed by atoms with Gasteiger partial charge in [-0.25, -0.2) is 5.26 Å². The summed E-state index contributed by atoms with van der Waals surface area (Å²) in [6.45, 7) is 3.50. The summed E-state index contributed by atoms with van der Waals surface area (Å²) in [6, 6.07) is 0. The minimum atomic E-state index is -2.87. The molecule has 0 aliphatic rings. The number of hydrogen-bond acceptors (Lipinski definition) is 2. The van der Waals surface area contributed by atoms with Gasteiger partial charge in [-0.2, -0.15) is 0 Å². The lowest BCUT2D eigenvalue weighted by Crippen LogP contribution is -1.38. The number of hydrogen-bond donors (Lipinski definition) is 2. The Morgan fingerprint density at radius 2 is 1.50 bits per heavy atom. The molecule has 0 amide bonds. The van der Waals surface area contributed by atoms with E-state index in [1.165, 1.54) is 0 Å². The lowest BCUT2D eigenvalue weighted by molar-refractivity contribution is 0.405. The highest BCUT2D eigenvalue weighted by molar-refractivity contribution is 7.30. The van der Waals surface area contributed by atoms with Gasteiger partial charge in [0.05, 0.1) is 0 Å².